The Morgan fingerprint density at radius 2 is 1.15 bits per heavy atom. The van der Waals surface area contributed by atoms with E-state index in [-0.39, 0.29) is 37.4 Å². The first-order valence-corrected chi connectivity index (χ1v) is 6.89. The third kappa shape index (κ3) is 2.05. The van der Waals surface area contributed by atoms with Crippen LogP contribution in [-0.4, -0.2) is 37.4 Å². The number of epoxide rings is 2. The normalized spacial score (nSPS) is 43.8. The minimum Gasteiger partial charge on any atom is -0.465 e. The summed E-state index contributed by atoms with van der Waals surface area (Å²) in [7, 11) is 0. The molecule has 20 heavy (non-hydrogen) atoms. The fourth-order valence-corrected chi connectivity index (χ4v) is 2.67. The summed E-state index contributed by atoms with van der Waals surface area (Å²) in [5.74, 6) is 1.53. The largest absolute Gasteiger partial charge is 0.465 e. The van der Waals surface area contributed by atoms with Gasteiger partial charge in [0.25, 0.3) is 0 Å². The van der Waals surface area contributed by atoms with Crippen LogP contribution in [0.4, 0.5) is 0 Å². The number of hydrogen-bond acceptors (Lipinski definition) is 6. The average molecular weight is 278 g/mol. The Morgan fingerprint density at radius 3 is 1.50 bits per heavy atom. The summed E-state index contributed by atoms with van der Waals surface area (Å²) < 4.78 is 32.8. The highest BCUT2D eigenvalue weighted by atomic mass is 16.8. The minimum atomic E-state index is -0.201. The van der Waals surface area contributed by atoms with Crippen LogP contribution in [-0.2, 0) is 18.9 Å². The van der Waals surface area contributed by atoms with Crippen molar-refractivity contribution in [1.29, 1.82) is 0 Å². The molecule has 4 saturated heterocycles. The van der Waals surface area contributed by atoms with Gasteiger partial charge in [-0.15, -0.1) is 0 Å². The van der Waals surface area contributed by atoms with Crippen molar-refractivity contribution in [1.82, 2.24) is 0 Å². The Morgan fingerprint density at radius 1 is 0.700 bits per heavy atom. The molecule has 0 aromatic heterocycles. The van der Waals surface area contributed by atoms with E-state index in [1.165, 1.54) is 0 Å². The molecule has 0 saturated carbocycles. The van der Waals surface area contributed by atoms with E-state index in [0.29, 0.717) is 0 Å². The van der Waals surface area contributed by atoms with E-state index in [2.05, 4.69) is 0 Å². The van der Waals surface area contributed by atoms with Gasteiger partial charge in [-0.1, -0.05) is 0 Å². The Kier molecular flexibility index (Phi) is 2.31. The zero-order valence-corrected chi connectivity index (χ0v) is 10.6. The molecule has 4 fully saturated rings. The van der Waals surface area contributed by atoms with Crippen molar-refractivity contribution in [3.63, 3.8) is 0 Å². The molecule has 0 bridgehead atoms. The second kappa shape index (κ2) is 4.08. The van der Waals surface area contributed by atoms with Gasteiger partial charge in [0.2, 0.25) is 12.6 Å². The second-order valence-corrected chi connectivity index (χ2v) is 5.40. The molecular formula is C14H14O6. The molecule has 1 aromatic rings. The first kappa shape index (κ1) is 11.3. The number of benzene rings is 1. The van der Waals surface area contributed by atoms with Crippen LogP contribution in [0.5, 0.6) is 11.5 Å². The van der Waals surface area contributed by atoms with Gasteiger partial charge in [0.1, 0.15) is 23.7 Å². The Bertz CT molecular complexity index is 450. The zero-order valence-electron chi connectivity index (χ0n) is 10.6. The van der Waals surface area contributed by atoms with E-state index in [1.54, 1.807) is 0 Å². The highest BCUT2D eigenvalue weighted by molar-refractivity contribution is 5.31. The topological polar surface area (TPSA) is 62.0 Å². The lowest BCUT2D eigenvalue weighted by Gasteiger charge is -2.16. The van der Waals surface area contributed by atoms with E-state index in [9.17, 15) is 0 Å². The van der Waals surface area contributed by atoms with Crippen molar-refractivity contribution >= 4 is 0 Å². The molecule has 4 heterocycles. The monoisotopic (exact) mass is 278 g/mol. The molecule has 5 rings (SSSR count). The van der Waals surface area contributed by atoms with Gasteiger partial charge in [-0.05, 0) is 24.3 Å². The minimum absolute atomic E-state index is 0.0456. The van der Waals surface area contributed by atoms with Gasteiger partial charge < -0.3 is 28.4 Å². The van der Waals surface area contributed by atoms with E-state index in [1.807, 2.05) is 24.3 Å². The quantitative estimate of drug-likeness (QED) is 0.776. The van der Waals surface area contributed by atoms with Crippen molar-refractivity contribution in [3.05, 3.63) is 24.3 Å². The first-order chi connectivity index (χ1) is 9.83. The lowest BCUT2D eigenvalue weighted by atomic mass is 10.3. The fraction of sp³-hybridized carbons (Fsp3) is 0.571. The predicted molar refractivity (Wildman–Crippen MR) is 64.0 cm³/mol. The van der Waals surface area contributed by atoms with Crippen LogP contribution in [0.2, 0.25) is 0 Å². The van der Waals surface area contributed by atoms with Crippen LogP contribution in [0.1, 0.15) is 12.8 Å². The Labute approximate surface area is 115 Å². The van der Waals surface area contributed by atoms with Crippen molar-refractivity contribution in [2.75, 3.05) is 0 Å². The number of ether oxygens (including phenoxy) is 6. The number of hydrogen-bond donors (Lipinski definition) is 0. The van der Waals surface area contributed by atoms with Crippen molar-refractivity contribution < 1.29 is 28.4 Å². The maximum atomic E-state index is 5.72. The zero-order chi connectivity index (χ0) is 13.1. The van der Waals surface area contributed by atoms with Gasteiger partial charge >= 0.3 is 0 Å². The molecule has 0 N–H and O–H groups in total. The molecular weight excluding hydrogens is 264 g/mol. The van der Waals surface area contributed by atoms with Gasteiger partial charge in [0, 0.05) is 12.8 Å². The van der Waals surface area contributed by atoms with Gasteiger partial charge in [-0.2, -0.15) is 0 Å². The summed E-state index contributed by atoms with van der Waals surface area (Å²) in [5.41, 5.74) is 0. The van der Waals surface area contributed by atoms with Crippen LogP contribution in [0.3, 0.4) is 0 Å². The Balaban J connectivity index is 1.18. The van der Waals surface area contributed by atoms with E-state index in [0.717, 1.165) is 24.3 Å². The first-order valence-electron chi connectivity index (χ1n) is 6.89. The fourth-order valence-electron chi connectivity index (χ4n) is 2.67. The molecule has 6 atom stereocenters. The Hall–Kier alpha value is -1.34. The summed E-state index contributed by atoms with van der Waals surface area (Å²) in [6.07, 6.45) is 1.56. The molecule has 0 amide bonds. The third-order valence-electron chi connectivity index (χ3n) is 3.85. The van der Waals surface area contributed by atoms with E-state index in [4.69, 9.17) is 28.4 Å². The van der Waals surface area contributed by atoms with Gasteiger partial charge in [0.15, 0.2) is 12.6 Å². The smallest absolute Gasteiger partial charge is 0.205 e. The molecule has 0 aliphatic carbocycles. The van der Waals surface area contributed by atoms with Crippen LogP contribution >= 0.6 is 0 Å². The van der Waals surface area contributed by atoms with Gasteiger partial charge in [-0.25, -0.2) is 0 Å². The van der Waals surface area contributed by atoms with Gasteiger partial charge in [0.05, 0.1) is 0 Å². The summed E-state index contributed by atoms with van der Waals surface area (Å²) in [4.78, 5) is 0. The number of rotatable bonds is 4. The van der Waals surface area contributed by atoms with Crippen LogP contribution < -0.4 is 9.47 Å². The lowest BCUT2D eigenvalue weighted by Crippen LogP contribution is -2.18. The second-order valence-electron chi connectivity index (χ2n) is 5.40. The standard InChI is InChI=1S/C14H14O6/c1-2-8(16-12-6-10-14(18-10)20-12)4-3-7(1)15-11-5-9-13(17-9)19-11/h1-4,9-14H,5-6H2. The summed E-state index contributed by atoms with van der Waals surface area (Å²) in [6.45, 7) is 0. The molecule has 0 spiro atoms. The van der Waals surface area contributed by atoms with Crippen LogP contribution in [0, 0.1) is 0 Å². The van der Waals surface area contributed by atoms with E-state index < -0.39 is 0 Å². The molecule has 4 aliphatic rings. The van der Waals surface area contributed by atoms with E-state index >= 15 is 0 Å². The molecule has 106 valence electrons. The van der Waals surface area contributed by atoms with Crippen LogP contribution in [0.25, 0.3) is 0 Å². The SMILES string of the molecule is c1cc(OC2CC3OC3O2)ccc1OC1CC2OC2O1. The maximum absolute atomic E-state index is 5.72. The molecule has 1 aromatic carbocycles. The average Bonchev–Trinajstić information content (AvgIpc) is 3.28. The molecule has 6 unspecified atom stereocenters. The van der Waals surface area contributed by atoms with Crippen molar-refractivity contribution in [3.8, 4) is 11.5 Å². The summed E-state index contributed by atoms with van der Waals surface area (Å²) in [5, 5.41) is 0. The summed E-state index contributed by atoms with van der Waals surface area (Å²) in [6, 6.07) is 7.48. The number of fused-ring (bicyclic) bond motifs is 2. The molecule has 6 heteroatoms. The highest BCUT2D eigenvalue weighted by Crippen LogP contribution is 2.39. The summed E-state index contributed by atoms with van der Waals surface area (Å²) >= 11 is 0. The molecule has 6 nitrogen and oxygen atoms in total. The predicted octanol–water partition coefficient (Wildman–Crippen LogP) is 1.39. The van der Waals surface area contributed by atoms with Crippen LogP contribution in [0.15, 0.2) is 24.3 Å². The molecule has 0 radical (unpaired) electrons. The van der Waals surface area contributed by atoms with Gasteiger partial charge in [-0.3, -0.25) is 0 Å². The lowest BCUT2D eigenvalue weighted by molar-refractivity contribution is -0.113. The van der Waals surface area contributed by atoms with Crippen molar-refractivity contribution in [2.24, 2.45) is 0 Å². The van der Waals surface area contributed by atoms with Crippen molar-refractivity contribution in [2.45, 2.75) is 50.2 Å². The third-order valence-corrected chi connectivity index (χ3v) is 3.85. The maximum Gasteiger partial charge on any atom is 0.205 e. The highest BCUT2D eigenvalue weighted by Gasteiger charge is 2.51. The molecule has 4 aliphatic heterocycles.